The number of nitrogens with zero attached hydrogens (tertiary/aromatic N) is 1. The zero-order valence-electron chi connectivity index (χ0n) is 9.33. The molecule has 1 aromatic carbocycles. The maximum absolute atomic E-state index is 12.5. The summed E-state index contributed by atoms with van der Waals surface area (Å²) in [6.45, 7) is 6.89. The highest BCUT2D eigenvalue weighted by atomic mass is 19.1. The zero-order chi connectivity index (χ0) is 12.0. The lowest BCUT2D eigenvalue weighted by atomic mass is 10.1. The van der Waals surface area contributed by atoms with E-state index in [4.69, 9.17) is 5.26 Å². The number of nitriles is 1. The quantitative estimate of drug-likeness (QED) is 0.736. The minimum absolute atomic E-state index is 0.282. The predicted octanol–water partition coefficient (Wildman–Crippen LogP) is 2.73. The molecule has 1 fully saturated rings. The minimum atomic E-state index is -0.348. The molecule has 1 heterocycles. The van der Waals surface area contributed by atoms with Gasteiger partial charge in [-0.05, 0) is 37.6 Å². The first-order valence-electron chi connectivity index (χ1n) is 5.22. The maximum atomic E-state index is 12.5. The zero-order valence-corrected chi connectivity index (χ0v) is 9.33. The fraction of sp³-hybridized carbons (Fsp3) is 0.308. The van der Waals surface area contributed by atoms with Crippen molar-refractivity contribution in [3.63, 3.8) is 0 Å². The van der Waals surface area contributed by atoms with Crippen LogP contribution in [-0.4, -0.2) is 12.6 Å². The van der Waals surface area contributed by atoms with Gasteiger partial charge in [-0.3, -0.25) is 0 Å². The Morgan fingerprint density at radius 2 is 2.25 bits per heavy atom. The van der Waals surface area contributed by atoms with Crippen molar-refractivity contribution in [1.29, 1.82) is 5.26 Å². The molecule has 2 rings (SSSR count). The van der Waals surface area contributed by atoms with Crippen molar-refractivity contribution >= 4 is 5.57 Å². The van der Waals surface area contributed by atoms with Crippen LogP contribution in [-0.2, 0) is 0 Å². The summed E-state index contributed by atoms with van der Waals surface area (Å²) in [6.07, 6.45) is 1.38. The van der Waals surface area contributed by atoms with Crippen molar-refractivity contribution in [2.24, 2.45) is 0 Å². The maximum Gasteiger partial charge on any atom is 0.123 e. The number of halogens is 1. The van der Waals surface area contributed by atoms with Crippen LogP contribution >= 0.6 is 0 Å². The van der Waals surface area contributed by atoms with Gasteiger partial charge in [0.25, 0.3) is 0 Å². The third-order valence-electron chi connectivity index (χ3n) is 2.38. The average Bonchev–Trinajstić information content (AvgIpc) is 2.26. The molecule has 0 radical (unpaired) electrons. The fourth-order valence-electron chi connectivity index (χ4n) is 1.17. The molecule has 0 aliphatic carbocycles. The molecule has 1 saturated heterocycles. The molecule has 1 aliphatic rings. The van der Waals surface area contributed by atoms with Crippen LogP contribution in [0, 0.1) is 17.1 Å². The van der Waals surface area contributed by atoms with Gasteiger partial charge in [-0.25, -0.2) is 4.39 Å². The molecule has 1 unspecified atom stereocenters. The largest absolute Gasteiger partial charge is 0.314 e. The molecular weight excluding hydrogens is 203 g/mol. The molecule has 0 bridgehead atoms. The van der Waals surface area contributed by atoms with Gasteiger partial charge in [0, 0.05) is 6.04 Å². The fourth-order valence-corrected chi connectivity index (χ4v) is 1.17. The summed E-state index contributed by atoms with van der Waals surface area (Å²) in [5.74, 6) is -0.348. The summed E-state index contributed by atoms with van der Waals surface area (Å²) < 4.78 is 12.5. The van der Waals surface area contributed by atoms with Crippen molar-refractivity contribution in [3.05, 3.63) is 42.2 Å². The van der Waals surface area contributed by atoms with Gasteiger partial charge in [0.05, 0.1) is 11.6 Å². The SMILES string of the molecule is C=C(C#N)c1cccc(F)c1.CC1CCN1. The molecule has 3 heteroatoms. The molecular formula is C13H15FN2. The summed E-state index contributed by atoms with van der Waals surface area (Å²) in [6, 6.07) is 8.47. The number of nitrogens with one attached hydrogen (secondary N) is 1. The van der Waals surface area contributed by atoms with E-state index in [2.05, 4.69) is 18.8 Å². The van der Waals surface area contributed by atoms with Gasteiger partial charge in [0.2, 0.25) is 0 Å². The van der Waals surface area contributed by atoms with Crippen LogP contribution in [0.3, 0.4) is 0 Å². The van der Waals surface area contributed by atoms with E-state index in [0.717, 1.165) is 6.04 Å². The molecule has 1 atom stereocenters. The number of hydrogen-bond acceptors (Lipinski definition) is 2. The Hall–Kier alpha value is -1.66. The van der Waals surface area contributed by atoms with E-state index in [-0.39, 0.29) is 11.4 Å². The first-order chi connectivity index (χ1) is 7.63. The van der Waals surface area contributed by atoms with Gasteiger partial charge < -0.3 is 5.32 Å². The van der Waals surface area contributed by atoms with Gasteiger partial charge >= 0.3 is 0 Å². The van der Waals surface area contributed by atoms with Crippen LogP contribution in [0.2, 0.25) is 0 Å². The van der Waals surface area contributed by atoms with Gasteiger partial charge in [0.1, 0.15) is 5.82 Å². The van der Waals surface area contributed by atoms with Crippen LogP contribution in [0.25, 0.3) is 5.57 Å². The van der Waals surface area contributed by atoms with E-state index in [1.165, 1.54) is 25.1 Å². The standard InChI is InChI=1S/C9H6FN.C4H9N/c1-7(6-11)8-3-2-4-9(10)5-8;1-4-2-3-5-4/h2-5H,1H2;4-5H,2-3H2,1H3. The third-order valence-corrected chi connectivity index (χ3v) is 2.38. The third kappa shape index (κ3) is 3.84. The molecule has 84 valence electrons. The lowest BCUT2D eigenvalue weighted by Crippen LogP contribution is -2.39. The molecule has 1 aromatic rings. The lowest BCUT2D eigenvalue weighted by Gasteiger charge is -2.22. The number of allylic oxidation sites excluding steroid dienone is 1. The van der Waals surface area contributed by atoms with Crippen LogP contribution in [0.4, 0.5) is 4.39 Å². The topological polar surface area (TPSA) is 35.8 Å². The Balaban J connectivity index is 0.000000212. The molecule has 0 saturated carbocycles. The Morgan fingerprint density at radius 3 is 2.62 bits per heavy atom. The molecule has 0 spiro atoms. The Kier molecular flexibility index (Phi) is 4.68. The molecule has 0 amide bonds. The highest BCUT2D eigenvalue weighted by Crippen LogP contribution is 2.11. The molecule has 16 heavy (non-hydrogen) atoms. The van der Waals surface area contributed by atoms with Crippen LogP contribution in [0.5, 0.6) is 0 Å². The van der Waals surface area contributed by atoms with E-state index >= 15 is 0 Å². The van der Waals surface area contributed by atoms with Crippen molar-refractivity contribution in [1.82, 2.24) is 5.32 Å². The van der Waals surface area contributed by atoms with Gasteiger partial charge in [-0.1, -0.05) is 18.7 Å². The van der Waals surface area contributed by atoms with E-state index in [0.29, 0.717) is 5.56 Å². The predicted molar refractivity (Wildman–Crippen MR) is 63.1 cm³/mol. The molecule has 0 aromatic heterocycles. The smallest absolute Gasteiger partial charge is 0.123 e. The average molecular weight is 218 g/mol. The second-order valence-corrected chi connectivity index (χ2v) is 3.74. The summed E-state index contributed by atoms with van der Waals surface area (Å²) in [5, 5.41) is 11.6. The highest BCUT2D eigenvalue weighted by molar-refractivity contribution is 5.74. The Labute approximate surface area is 95.4 Å². The van der Waals surface area contributed by atoms with Crippen LogP contribution in [0.15, 0.2) is 30.8 Å². The highest BCUT2D eigenvalue weighted by Gasteiger charge is 2.07. The minimum Gasteiger partial charge on any atom is -0.314 e. The van der Waals surface area contributed by atoms with E-state index in [9.17, 15) is 4.39 Å². The van der Waals surface area contributed by atoms with Crippen molar-refractivity contribution in [3.8, 4) is 6.07 Å². The van der Waals surface area contributed by atoms with Crippen LogP contribution in [0.1, 0.15) is 18.9 Å². The lowest BCUT2D eigenvalue weighted by molar-refractivity contribution is 0.399. The van der Waals surface area contributed by atoms with Crippen LogP contribution < -0.4 is 5.32 Å². The van der Waals surface area contributed by atoms with E-state index in [1.807, 2.05) is 6.07 Å². The monoisotopic (exact) mass is 218 g/mol. The van der Waals surface area contributed by atoms with Gasteiger partial charge in [-0.15, -0.1) is 0 Å². The molecule has 2 nitrogen and oxygen atoms in total. The summed E-state index contributed by atoms with van der Waals surface area (Å²) in [5.41, 5.74) is 0.817. The van der Waals surface area contributed by atoms with Gasteiger partial charge in [-0.2, -0.15) is 5.26 Å². The molecule has 1 N–H and O–H groups in total. The van der Waals surface area contributed by atoms with Crippen molar-refractivity contribution < 1.29 is 4.39 Å². The number of benzene rings is 1. The summed E-state index contributed by atoms with van der Waals surface area (Å²) >= 11 is 0. The summed E-state index contributed by atoms with van der Waals surface area (Å²) in [4.78, 5) is 0. The second kappa shape index (κ2) is 6.04. The number of hydrogen-bond donors (Lipinski definition) is 1. The molecule has 1 aliphatic heterocycles. The van der Waals surface area contributed by atoms with Gasteiger partial charge in [0.15, 0.2) is 0 Å². The van der Waals surface area contributed by atoms with E-state index in [1.54, 1.807) is 12.1 Å². The van der Waals surface area contributed by atoms with Crippen molar-refractivity contribution in [2.45, 2.75) is 19.4 Å². The first kappa shape index (κ1) is 12.4. The normalized spacial score (nSPS) is 17.4. The summed E-state index contributed by atoms with van der Waals surface area (Å²) in [7, 11) is 0. The second-order valence-electron chi connectivity index (χ2n) is 3.74. The van der Waals surface area contributed by atoms with E-state index < -0.39 is 0 Å². The Bertz CT molecular complexity index is 403. The first-order valence-corrected chi connectivity index (χ1v) is 5.22. The number of rotatable bonds is 1. The Morgan fingerprint density at radius 1 is 1.62 bits per heavy atom. The van der Waals surface area contributed by atoms with Crippen molar-refractivity contribution in [2.75, 3.05) is 6.54 Å².